The van der Waals surface area contributed by atoms with Crippen LogP contribution in [0.3, 0.4) is 0 Å². The maximum Gasteiger partial charge on any atom is 0.322 e. The third-order valence-electron chi connectivity index (χ3n) is 4.61. The van der Waals surface area contributed by atoms with Crippen LogP contribution >= 0.6 is 0 Å². The number of rotatable bonds is 5. The Kier molecular flexibility index (Phi) is 6.06. The highest BCUT2D eigenvalue weighted by molar-refractivity contribution is 5.90. The summed E-state index contributed by atoms with van der Waals surface area (Å²) < 4.78 is 18.4. The van der Waals surface area contributed by atoms with Crippen LogP contribution in [-0.2, 0) is 16.0 Å². The van der Waals surface area contributed by atoms with Crippen molar-refractivity contribution in [2.45, 2.75) is 32.2 Å². The van der Waals surface area contributed by atoms with E-state index in [0.717, 1.165) is 24.0 Å². The molecule has 2 amide bonds. The van der Waals surface area contributed by atoms with Crippen LogP contribution in [0.2, 0.25) is 0 Å². The summed E-state index contributed by atoms with van der Waals surface area (Å²) in [6.45, 7) is 2.76. The molecule has 3 rings (SSSR count). The van der Waals surface area contributed by atoms with Gasteiger partial charge in [0.2, 0.25) is 0 Å². The van der Waals surface area contributed by atoms with Gasteiger partial charge in [0.05, 0.1) is 19.1 Å². The lowest BCUT2D eigenvalue weighted by Gasteiger charge is -2.25. The van der Waals surface area contributed by atoms with Crippen molar-refractivity contribution in [3.05, 3.63) is 65.5 Å². The minimum Gasteiger partial charge on any atom is -0.466 e. The first-order valence-electron chi connectivity index (χ1n) is 9.14. The van der Waals surface area contributed by atoms with Gasteiger partial charge in [-0.2, -0.15) is 0 Å². The van der Waals surface area contributed by atoms with Gasteiger partial charge in [-0.3, -0.25) is 4.79 Å². The average molecular weight is 370 g/mol. The fourth-order valence-corrected chi connectivity index (χ4v) is 3.35. The van der Waals surface area contributed by atoms with E-state index < -0.39 is 0 Å². The molecule has 0 radical (unpaired) electrons. The Labute approximate surface area is 158 Å². The number of nitrogens with one attached hydrogen (secondary N) is 1. The van der Waals surface area contributed by atoms with E-state index in [4.69, 9.17) is 4.74 Å². The molecule has 5 nitrogen and oxygen atoms in total. The largest absolute Gasteiger partial charge is 0.466 e. The first-order chi connectivity index (χ1) is 13.1. The Hall–Kier alpha value is -2.89. The first kappa shape index (κ1) is 18.9. The molecule has 1 heterocycles. The molecule has 1 unspecified atom stereocenters. The highest BCUT2D eigenvalue weighted by atomic mass is 19.1. The molecule has 0 bridgehead atoms. The van der Waals surface area contributed by atoms with Gasteiger partial charge < -0.3 is 15.0 Å². The molecule has 1 fully saturated rings. The smallest absolute Gasteiger partial charge is 0.322 e. The van der Waals surface area contributed by atoms with Crippen molar-refractivity contribution >= 4 is 17.7 Å². The van der Waals surface area contributed by atoms with Gasteiger partial charge in [-0.25, -0.2) is 9.18 Å². The molecule has 1 aliphatic rings. The Morgan fingerprint density at radius 3 is 2.70 bits per heavy atom. The number of benzene rings is 2. The molecule has 1 atom stereocenters. The van der Waals surface area contributed by atoms with Crippen molar-refractivity contribution in [2.24, 2.45) is 0 Å². The van der Waals surface area contributed by atoms with Gasteiger partial charge >= 0.3 is 12.0 Å². The number of hydrogen-bond acceptors (Lipinski definition) is 3. The average Bonchev–Trinajstić information content (AvgIpc) is 3.13. The summed E-state index contributed by atoms with van der Waals surface area (Å²) in [6, 6.07) is 13.2. The van der Waals surface area contributed by atoms with E-state index in [1.54, 1.807) is 42.2 Å². The number of esters is 1. The maximum atomic E-state index is 13.5. The van der Waals surface area contributed by atoms with Gasteiger partial charge in [-0.15, -0.1) is 0 Å². The summed E-state index contributed by atoms with van der Waals surface area (Å²) in [5, 5.41) is 2.88. The number of nitrogens with zero attached hydrogens (tertiary/aromatic N) is 1. The van der Waals surface area contributed by atoms with E-state index in [1.807, 2.05) is 6.07 Å². The number of carbonyl (C=O) groups is 2. The van der Waals surface area contributed by atoms with E-state index in [2.05, 4.69) is 5.32 Å². The molecule has 6 heteroatoms. The lowest BCUT2D eigenvalue weighted by molar-refractivity contribution is -0.142. The fraction of sp³-hybridized carbons (Fsp3) is 0.333. The number of anilines is 1. The normalized spacial score (nSPS) is 16.2. The topological polar surface area (TPSA) is 58.6 Å². The quantitative estimate of drug-likeness (QED) is 0.799. The standard InChI is InChI=1S/C21H23FN2O3/c1-2-27-20(25)13-15-8-10-18(11-9-15)23-21(26)24-12-4-7-19(24)16-5-3-6-17(22)14-16/h3,5-6,8-11,14,19H,2,4,7,12-13H2,1H3,(H,23,26). The molecule has 1 N–H and O–H groups in total. The van der Waals surface area contributed by atoms with E-state index in [9.17, 15) is 14.0 Å². The molecule has 0 saturated carbocycles. The number of halogens is 1. The summed E-state index contributed by atoms with van der Waals surface area (Å²) in [4.78, 5) is 25.9. The zero-order valence-corrected chi connectivity index (χ0v) is 15.3. The molecule has 27 heavy (non-hydrogen) atoms. The minimum absolute atomic E-state index is 0.121. The van der Waals surface area contributed by atoms with E-state index in [0.29, 0.717) is 18.8 Å². The number of carbonyl (C=O) groups excluding carboxylic acids is 2. The first-order valence-corrected chi connectivity index (χ1v) is 9.14. The molecular formula is C21H23FN2O3. The van der Waals surface area contributed by atoms with Crippen molar-refractivity contribution < 1.29 is 18.7 Å². The van der Waals surface area contributed by atoms with Gasteiger partial charge in [0, 0.05) is 12.2 Å². The monoisotopic (exact) mass is 370 g/mol. The summed E-state index contributed by atoms with van der Waals surface area (Å²) in [6.07, 6.45) is 1.90. The van der Waals surface area contributed by atoms with Crippen LogP contribution in [0.5, 0.6) is 0 Å². The second-order valence-electron chi connectivity index (χ2n) is 6.52. The van der Waals surface area contributed by atoms with Crippen molar-refractivity contribution in [3.63, 3.8) is 0 Å². The van der Waals surface area contributed by atoms with Crippen LogP contribution in [0.1, 0.15) is 36.9 Å². The summed E-state index contributed by atoms with van der Waals surface area (Å²) >= 11 is 0. The highest BCUT2D eigenvalue weighted by Gasteiger charge is 2.30. The zero-order valence-electron chi connectivity index (χ0n) is 15.3. The molecule has 0 spiro atoms. The molecule has 0 aliphatic carbocycles. The van der Waals surface area contributed by atoms with Crippen LogP contribution in [0.15, 0.2) is 48.5 Å². The van der Waals surface area contributed by atoms with Crippen LogP contribution in [0, 0.1) is 5.82 Å². The molecule has 2 aromatic rings. The SMILES string of the molecule is CCOC(=O)Cc1ccc(NC(=O)N2CCCC2c2cccc(F)c2)cc1. The van der Waals surface area contributed by atoms with Crippen molar-refractivity contribution in [1.82, 2.24) is 4.90 Å². The van der Waals surface area contributed by atoms with Crippen LogP contribution < -0.4 is 5.32 Å². The Bertz CT molecular complexity index is 807. The number of amides is 2. The van der Waals surface area contributed by atoms with Gasteiger partial charge in [-0.05, 0) is 55.2 Å². The Morgan fingerprint density at radius 2 is 2.00 bits per heavy atom. The highest BCUT2D eigenvalue weighted by Crippen LogP contribution is 2.32. The summed E-state index contributed by atoms with van der Waals surface area (Å²) in [5.74, 6) is -0.568. The van der Waals surface area contributed by atoms with E-state index in [-0.39, 0.29) is 30.3 Å². The second kappa shape index (κ2) is 8.66. The molecule has 142 valence electrons. The lowest BCUT2D eigenvalue weighted by atomic mass is 10.0. The van der Waals surface area contributed by atoms with E-state index >= 15 is 0 Å². The Morgan fingerprint density at radius 1 is 1.22 bits per heavy atom. The van der Waals surface area contributed by atoms with Gasteiger partial charge in [0.15, 0.2) is 0 Å². The predicted molar refractivity (Wildman–Crippen MR) is 101 cm³/mol. The number of likely N-dealkylation sites (tertiary alicyclic amines) is 1. The maximum absolute atomic E-state index is 13.5. The van der Waals surface area contributed by atoms with Crippen LogP contribution in [-0.4, -0.2) is 30.1 Å². The van der Waals surface area contributed by atoms with Crippen molar-refractivity contribution in [1.29, 1.82) is 0 Å². The third kappa shape index (κ3) is 4.84. The molecule has 0 aromatic heterocycles. The fourth-order valence-electron chi connectivity index (χ4n) is 3.35. The van der Waals surface area contributed by atoms with Crippen molar-refractivity contribution in [3.8, 4) is 0 Å². The van der Waals surface area contributed by atoms with Crippen molar-refractivity contribution in [2.75, 3.05) is 18.5 Å². The minimum atomic E-state index is -0.294. The van der Waals surface area contributed by atoms with Crippen LogP contribution in [0.4, 0.5) is 14.9 Å². The zero-order chi connectivity index (χ0) is 19.2. The summed E-state index contributed by atoms with van der Waals surface area (Å²) in [5.41, 5.74) is 2.29. The lowest BCUT2D eigenvalue weighted by Crippen LogP contribution is -2.34. The van der Waals surface area contributed by atoms with Gasteiger partial charge in [0.25, 0.3) is 0 Å². The number of ether oxygens (including phenoxy) is 1. The number of hydrogen-bond donors (Lipinski definition) is 1. The van der Waals surface area contributed by atoms with Crippen LogP contribution in [0.25, 0.3) is 0 Å². The second-order valence-corrected chi connectivity index (χ2v) is 6.52. The molecular weight excluding hydrogens is 347 g/mol. The molecule has 1 saturated heterocycles. The van der Waals surface area contributed by atoms with Gasteiger partial charge in [0.1, 0.15) is 5.82 Å². The Balaban J connectivity index is 1.63. The predicted octanol–water partition coefficient (Wildman–Crippen LogP) is 4.30. The summed E-state index contributed by atoms with van der Waals surface area (Å²) in [7, 11) is 0. The number of urea groups is 1. The van der Waals surface area contributed by atoms with E-state index in [1.165, 1.54) is 12.1 Å². The van der Waals surface area contributed by atoms with Gasteiger partial charge in [-0.1, -0.05) is 24.3 Å². The molecule has 1 aliphatic heterocycles. The third-order valence-corrected chi connectivity index (χ3v) is 4.61. The molecule has 2 aromatic carbocycles.